The lowest BCUT2D eigenvalue weighted by atomic mass is 9.73. The van der Waals surface area contributed by atoms with Crippen molar-refractivity contribution in [2.45, 2.75) is 61.9 Å². The molecule has 82 valence electrons. The fourth-order valence-electron chi connectivity index (χ4n) is 2.95. The summed E-state index contributed by atoms with van der Waals surface area (Å²) < 4.78 is 0.496. The van der Waals surface area contributed by atoms with Gasteiger partial charge in [-0.05, 0) is 31.6 Å². The summed E-state index contributed by atoms with van der Waals surface area (Å²) >= 11 is 2.24. The van der Waals surface area contributed by atoms with Gasteiger partial charge >= 0.3 is 0 Å². The van der Waals surface area contributed by atoms with Gasteiger partial charge in [0.15, 0.2) is 0 Å². The van der Waals surface area contributed by atoms with Crippen LogP contribution in [0.2, 0.25) is 0 Å². The molecule has 2 rings (SSSR count). The van der Waals surface area contributed by atoms with E-state index in [1.54, 1.807) is 0 Å². The Morgan fingerprint density at radius 1 is 1.29 bits per heavy atom. The van der Waals surface area contributed by atoms with E-state index in [9.17, 15) is 0 Å². The highest BCUT2D eigenvalue weighted by Crippen LogP contribution is 2.52. The Balaban J connectivity index is 1.81. The Kier molecular flexibility index (Phi) is 3.43. The third-order valence-corrected chi connectivity index (χ3v) is 5.79. The van der Waals surface area contributed by atoms with Crippen LogP contribution in [-0.2, 0) is 0 Å². The Bertz CT molecular complexity index is 181. The molecule has 0 aromatic rings. The molecule has 0 unspecified atom stereocenters. The highest BCUT2D eigenvalue weighted by atomic mass is 32.2. The summed E-state index contributed by atoms with van der Waals surface area (Å²) in [7, 11) is 0. The zero-order valence-electron chi connectivity index (χ0n) is 9.30. The van der Waals surface area contributed by atoms with Gasteiger partial charge in [0.05, 0.1) is 0 Å². The molecule has 0 saturated heterocycles. The first kappa shape index (κ1) is 10.8. The molecule has 2 aliphatic carbocycles. The first-order valence-electron chi connectivity index (χ1n) is 6.16. The summed E-state index contributed by atoms with van der Waals surface area (Å²) in [5, 5.41) is 0.941. The van der Waals surface area contributed by atoms with Crippen molar-refractivity contribution in [3.63, 3.8) is 0 Å². The average molecular weight is 213 g/mol. The minimum atomic E-state index is 0.496. The van der Waals surface area contributed by atoms with E-state index in [2.05, 4.69) is 18.7 Å². The third-order valence-electron chi connectivity index (χ3n) is 3.99. The molecule has 0 amide bonds. The van der Waals surface area contributed by atoms with Gasteiger partial charge in [0.1, 0.15) is 0 Å². The van der Waals surface area contributed by atoms with Crippen LogP contribution in [0.15, 0.2) is 0 Å². The molecule has 2 heteroatoms. The Morgan fingerprint density at radius 3 is 2.43 bits per heavy atom. The van der Waals surface area contributed by atoms with E-state index in [1.165, 1.54) is 44.9 Å². The van der Waals surface area contributed by atoms with Crippen LogP contribution in [0.3, 0.4) is 0 Å². The van der Waals surface area contributed by atoms with Crippen molar-refractivity contribution in [1.29, 1.82) is 0 Å². The Labute approximate surface area is 92.2 Å². The highest BCUT2D eigenvalue weighted by molar-refractivity contribution is 8.01. The molecule has 2 N–H and O–H groups in total. The largest absolute Gasteiger partial charge is 0.329 e. The number of nitrogens with two attached hydrogens (primary N) is 1. The normalized spacial score (nSPS) is 38.6. The van der Waals surface area contributed by atoms with Crippen LogP contribution < -0.4 is 5.73 Å². The number of hydrogen-bond donors (Lipinski definition) is 1. The average Bonchev–Trinajstić information content (AvgIpc) is 2.63. The van der Waals surface area contributed by atoms with Crippen LogP contribution in [0.4, 0.5) is 0 Å². The molecular weight excluding hydrogens is 190 g/mol. The van der Waals surface area contributed by atoms with Crippen molar-refractivity contribution in [2.75, 3.05) is 6.54 Å². The smallest absolute Gasteiger partial charge is 0.0290 e. The molecule has 0 bridgehead atoms. The molecule has 0 aliphatic heterocycles. The summed E-state index contributed by atoms with van der Waals surface area (Å²) in [5.74, 6) is 0.979. The van der Waals surface area contributed by atoms with Crippen LogP contribution >= 0.6 is 11.8 Å². The second kappa shape index (κ2) is 4.44. The van der Waals surface area contributed by atoms with Gasteiger partial charge in [0.25, 0.3) is 0 Å². The fraction of sp³-hybridized carbons (Fsp3) is 1.00. The lowest BCUT2D eigenvalue weighted by molar-refractivity contribution is 0.228. The minimum absolute atomic E-state index is 0.496. The van der Waals surface area contributed by atoms with Crippen molar-refractivity contribution in [1.82, 2.24) is 0 Å². The van der Waals surface area contributed by atoms with Gasteiger partial charge in [-0.25, -0.2) is 0 Å². The molecule has 1 nitrogen and oxygen atoms in total. The van der Waals surface area contributed by atoms with E-state index in [0.29, 0.717) is 4.75 Å². The molecular formula is C12H23NS. The van der Waals surface area contributed by atoms with E-state index in [4.69, 9.17) is 5.73 Å². The molecule has 2 saturated carbocycles. The highest BCUT2D eigenvalue weighted by Gasteiger charge is 2.44. The van der Waals surface area contributed by atoms with Gasteiger partial charge in [0, 0.05) is 16.5 Å². The van der Waals surface area contributed by atoms with Crippen LogP contribution in [0, 0.1) is 5.92 Å². The topological polar surface area (TPSA) is 26.0 Å². The van der Waals surface area contributed by atoms with Crippen LogP contribution in [0.25, 0.3) is 0 Å². The van der Waals surface area contributed by atoms with Gasteiger partial charge in [0.2, 0.25) is 0 Å². The van der Waals surface area contributed by atoms with E-state index in [0.717, 1.165) is 17.7 Å². The monoisotopic (exact) mass is 213 g/mol. The second-order valence-corrected chi connectivity index (χ2v) is 6.86. The van der Waals surface area contributed by atoms with Crippen molar-refractivity contribution in [3.8, 4) is 0 Å². The van der Waals surface area contributed by atoms with Gasteiger partial charge < -0.3 is 5.73 Å². The molecule has 0 atom stereocenters. The Hall–Kier alpha value is 0.310. The van der Waals surface area contributed by atoms with Crippen LogP contribution in [0.1, 0.15) is 51.9 Å². The molecule has 0 aromatic carbocycles. The van der Waals surface area contributed by atoms with Gasteiger partial charge in [-0.3, -0.25) is 0 Å². The molecule has 14 heavy (non-hydrogen) atoms. The molecule has 2 fully saturated rings. The number of rotatable bonds is 4. The summed E-state index contributed by atoms with van der Waals surface area (Å²) in [6.07, 6.45) is 9.94. The van der Waals surface area contributed by atoms with Crippen molar-refractivity contribution >= 4 is 11.8 Å². The van der Waals surface area contributed by atoms with E-state index in [-0.39, 0.29) is 0 Å². The van der Waals surface area contributed by atoms with Crippen molar-refractivity contribution in [2.24, 2.45) is 11.7 Å². The summed E-state index contributed by atoms with van der Waals surface area (Å²) in [6.45, 7) is 3.22. The fourth-order valence-corrected chi connectivity index (χ4v) is 4.99. The zero-order valence-corrected chi connectivity index (χ0v) is 10.1. The summed E-state index contributed by atoms with van der Waals surface area (Å²) in [4.78, 5) is 0. The SMILES string of the molecule is CCC1CC(CN)(SC2CCCC2)C1. The van der Waals surface area contributed by atoms with E-state index in [1.807, 2.05) is 0 Å². The predicted octanol–water partition coefficient (Wildman–Crippen LogP) is 3.18. The molecule has 2 aliphatic rings. The lowest BCUT2D eigenvalue weighted by Crippen LogP contribution is -2.47. The van der Waals surface area contributed by atoms with E-state index < -0.39 is 0 Å². The predicted molar refractivity (Wildman–Crippen MR) is 64.6 cm³/mol. The summed E-state index contributed by atoms with van der Waals surface area (Å²) in [5.41, 5.74) is 5.94. The maximum Gasteiger partial charge on any atom is 0.0290 e. The van der Waals surface area contributed by atoms with Crippen molar-refractivity contribution < 1.29 is 0 Å². The van der Waals surface area contributed by atoms with Crippen molar-refractivity contribution in [3.05, 3.63) is 0 Å². The second-order valence-electron chi connectivity index (χ2n) is 5.09. The first-order valence-corrected chi connectivity index (χ1v) is 7.04. The number of hydrogen-bond acceptors (Lipinski definition) is 2. The molecule has 0 aromatic heterocycles. The maximum atomic E-state index is 5.94. The summed E-state index contributed by atoms with van der Waals surface area (Å²) in [6, 6.07) is 0. The van der Waals surface area contributed by atoms with Crippen LogP contribution in [0.5, 0.6) is 0 Å². The lowest BCUT2D eigenvalue weighted by Gasteiger charge is -2.48. The zero-order chi connectivity index (χ0) is 10.0. The molecule has 0 heterocycles. The third kappa shape index (κ3) is 2.11. The van der Waals surface area contributed by atoms with Crippen LogP contribution in [-0.4, -0.2) is 16.5 Å². The maximum absolute atomic E-state index is 5.94. The number of thioether (sulfide) groups is 1. The quantitative estimate of drug-likeness (QED) is 0.776. The first-order chi connectivity index (χ1) is 6.78. The molecule has 0 spiro atoms. The Morgan fingerprint density at radius 2 is 1.93 bits per heavy atom. The van der Waals surface area contributed by atoms with Gasteiger partial charge in [-0.15, -0.1) is 0 Å². The van der Waals surface area contributed by atoms with Gasteiger partial charge in [-0.2, -0.15) is 11.8 Å². The van der Waals surface area contributed by atoms with Gasteiger partial charge in [-0.1, -0.05) is 26.2 Å². The minimum Gasteiger partial charge on any atom is -0.329 e. The standard InChI is InChI=1S/C12H23NS/c1-2-10-7-12(8-10,9-13)14-11-5-3-4-6-11/h10-11H,2-9,13H2,1H3. The molecule has 0 radical (unpaired) electrons. The van der Waals surface area contributed by atoms with E-state index >= 15 is 0 Å².